The molecule has 1 unspecified atom stereocenters. The van der Waals surface area contributed by atoms with E-state index in [1.807, 2.05) is 0 Å². The van der Waals surface area contributed by atoms with Gasteiger partial charge in [0.15, 0.2) is 0 Å². The molecule has 0 aliphatic heterocycles. The Kier molecular flexibility index (Phi) is 4.07. The van der Waals surface area contributed by atoms with E-state index in [1.54, 1.807) is 0 Å². The van der Waals surface area contributed by atoms with Gasteiger partial charge in [-0.05, 0) is 43.6 Å². The summed E-state index contributed by atoms with van der Waals surface area (Å²) in [6.45, 7) is 5.67. The van der Waals surface area contributed by atoms with E-state index in [0.29, 0.717) is 0 Å². The van der Waals surface area contributed by atoms with Gasteiger partial charge < -0.3 is 5.73 Å². The first-order valence-electron chi connectivity index (χ1n) is 5.42. The van der Waals surface area contributed by atoms with Gasteiger partial charge in [-0.15, -0.1) is 0 Å². The zero-order valence-corrected chi connectivity index (χ0v) is 8.55. The summed E-state index contributed by atoms with van der Waals surface area (Å²) < 4.78 is 0. The van der Waals surface area contributed by atoms with Crippen molar-refractivity contribution in [3.05, 3.63) is 0 Å². The van der Waals surface area contributed by atoms with Gasteiger partial charge in [-0.2, -0.15) is 0 Å². The molecule has 0 bridgehead atoms. The fourth-order valence-electron chi connectivity index (χ4n) is 2.56. The van der Waals surface area contributed by atoms with Crippen LogP contribution in [-0.4, -0.2) is 6.54 Å². The maximum atomic E-state index is 5.72. The second kappa shape index (κ2) is 4.86. The highest BCUT2D eigenvalue weighted by Crippen LogP contribution is 2.28. The van der Waals surface area contributed by atoms with Gasteiger partial charge in [-0.3, -0.25) is 0 Å². The molecule has 72 valence electrons. The second-order valence-corrected chi connectivity index (χ2v) is 4.71. The molecule has 1 heteroatoms. The highest BCUT2D eigenvalue weighted by Gasteiger charge is 2.17. The van der Waals surface area contributed by atoms with Crippen molar-refractivity contribution in [2.75, 3.05) is 6.54 Å². The molecule has 12 heavy (non-hydrogen) atoms. The monoisotopic (exact) mass is 169 g/mol. The van der Waals surface area contributed by atoms with Gasteiger partial charge in [0, 0.05) is 0 Å². The zero-order chi connectivity index (χ0) is 8.97. The molecule has 0 saturated heterocycles. The smallest absolute Gasteiger partial charge is 0.00488 e. The molecule has 3 atom stereocenters. The molecule has 1 aliphatic carbocycles. The molecule has 1 saturated carbocycles. The van der Waals surface area contributed by atoms with Gasteiger partial charge in [0.25, 0.3) is 0 Å². The molecule has 1 nitrogen and oxygen atoms in total. The summed E-state index contributed by atoms with van der Waals surface area (Å²) in [5, 5.41) is 0. The minimum absolute atomic E-state index is 0.812. The summed E-state index contributed by atoms with van der Waals surface area (Å²) in [6.07, 6.45) is 6.96. The molecule has 0 aromatic heterocycles. The van der Waals surface area contributed by atoms with Crippen molar-refractivity contribution < 1.29 is 0 Å². The summed E-state index contributed by atoms with van der Waals surface area (Å²) in [6, 6.07) is 0. The third-order valence-corrected chi connectivity index (χ3v) is 3.18. The Balaban J connectivity index is 2.37. The van der Waals surface area contributed by atoms with Crippen LogP contribution in [0.15, 0.2) is 0 Å². The van der Waals surface area contributed by atoms with Gasteiger partial charge in [-0.1, -0.05) is 26.7 Å². The maximum Gasteiger partial charge on any atom is -0.00488 e. The van der Waals surface area contributed by atoms with E-state index in [0.717, 1.165) is 24.3 Å². The van der Waals surface area contributed by atoms with Crippen molar-refractivity contribution in [2.45, 2.75) is 46.0 Å². The van der Waals surface area contributed by atoms with E-state index in [2.05, 4.69) is 13.8 Å². The zero-order valence-electron chi connectivity index (χ0n) is 8.55. The topological polar surface area (TPSA) is 26.0 Å². The SMILES string of the molecule is CC1CCC[C@H](CN)C[C@@H](C)C1. The predicted molar refractivity (Wildman–Crippen MR) is 54.0 cm³/mol. The summed E-state index contributed by atoms with van der Waals surface area (Å²) in [5.41, 5.74) is 5.72. The van der Waals surface area contributed by atoms with E-state index in [4.69, 9.17) is 5.73 Å². The Bertz CT molecular complexity index is 122. The van der Waals surface area contributed by atoms with Crippen LogP contribution in [0.4, 0.5) is 0 Å². The number of hydrogen-bond acceptors (Lipinski definition) is 1. The first kappa shape index (κ1) is 10.0. The maximum absolute atomic E-state index is 5.72. The fourth-order valence-corrected chi connectivity index (χ4v) is 2.56. The van der Waals surface area contributed by atoms with Crippen molar-refractivity contribution in [1.82, 2.24) is 0 Å². The molecule has 0 spiro atoms. The molecule has 0 amide bonds. The molecule has 0 radical (unpaired) electrons. The van der Waals surface area contributed by atoms with E-state index in [-0.39, 0.29) is 0 Å². The van der Waals surface area contributed by atoms with Crippen LogP contribution < -0.4 is 5.73 Å². The Morgan fingerprint density at radius 3 is 2.50 bits per heavy atom. The van der Waals surface area contributed by atoms with E-state index >= 15 is 0 Å². The van der Waals surface area contributed by atoms with Gasteiger partial charge in [0.05, 0.1) is 0 Å². The summed E-state index contributed by atoms with van der Waals surface area (Å²) >= 11 is 0. The minimum atomic E-state index is 0.812. The van der Waals surface area contributed by atoms with Crippen LogP contribution in [0.5, 0.6) is 0 Å². The van der Waals surface area contributed by atoms with E-state index in [1.165, 1.54) is 32.1 Å². The summed E-state index contributed by atoms with van der Waals surface area (Å²) in [7, 11) is 0. The summed E-state index contributed by atoms with van der Waals surface area (Å²) in [5.74, 6) is 2.65. The molecule has 1 aliphatic rings. The van der Waals surface area contributed by atoms with Gasteiger partial charge >= 0.3 is 0 Å². The highest BCUT2D eigenvalue weighted by molar-refractivity contribution is 4.70. The molecule has 0 heterocycles. The summed E-state index contributed by atoms with van der Waals surface area (Å²) in [4.78, 5) is 0. The van der Waals surface area contributed by atoms with Crippen molar-refractivity contribution in [1.29, 1.82) is 0 Å². The molecular formula is C11H23N. The van der Waals surface area contributed by atoms with Crippen molar-refractivity contribution in [3.63, 3.8) is 0 Å². The molecule has 0 aromatic carbocycles. The average Bonchev–Trinajstić information content (AvgIpc) is 1.99. The van der Waals surface area contributed by atoms with Crippen LogP contribution in [0.1, 0.15) is 46.0 Å². The molecule has 0 aromatic rings. The Hall–Kier alpha value is -0.0400. The fraction of sp³-hybridized carbons (Fsp3) is 1.00. The van der Waals surface area contributed by atoms with Crippen LogP contribution in [0.2, 0.25) is 0 Å². The highest BCUT2D eigenvalue weighted by atomic mass is 14.5. The van der Waals surface area contributed by atoms with Gasteiger partial charge in [0.1, 0.15) is 0 Å². The lowest BCUT2D eigenvalue weighted by Crippen LogP contribution is -2.20. The Labute approximate surface area is 76.7 Å². The van der Waals surface area contributed by atoms with Crippen LogP contribution in [0.3, 0.4) is 0 Å². The van der Waals surface area contributed by atoms with Crippen molar-refractivity contribution in [2.24, 2.45) is 23.5 Å². The Morgan fingerprint density at radius 2 is 1.83 bits per heavy atom. The third kappa shape index (κ3) is 3.14. The standard InChI is InChI=1S/C11H23N/c1-9-4-3-5-11(8-12)7-10(2)6-9/h9-11H,3-8,12H2,1-2H3/t9?,10-,11-/m0/s1. The molecule has 2 N–H and O–H groups in total. The second-order valence-electron chi connectivity index (χ2n) is 4.71. The van der Waals surface area contributed by atoms with Crippen LogP contribution in [0, 0.1) is 17.8 Å². The van der Waals surface area contributed by atoms with Gasteiger partial charge in [-0.25, -0.2) is 0 Å². The van der Waals surface area contributed by atoms with Crippen LogP contribution in [-0.2, 0) is 0 Å². The van der Waals surface area contributed by atoms with E-state index in [9.17, 15) is 0 Å². The number of nitrogens with two attached hydrogens (primary N) is 1. The van der Waals surface area contributed by atoms with Crippen molar-refractivity contribution in [3.8, 4) is 0 Å². The van der Waals surface area contributed by atoms with Crippen LogP contribution >= 0.6 is 0 Å². The Morgan fingerprint density at radius 1 is 1.08 bits per heavy atom. The molecule has 1 fully saturated rings. The van der Waals surface area contributed by atoms with Gasteiger partial charge in [0.2, 0.25) is 0 Å². The molecule has 1 rings (SSSR count). The number of rotatable bonds is 1. The lowest BCUT2D eigenvalue weighted by Gasteiger charge is -2.26. The largest absolute Gasteiger partial charge is 0.330 e. The average molecular weight is 169 g/mol. The normalized spacial score (nSPS) is 38.8. The quantitative estimate of drug-likeness (QED) is 0.642. The lowest BCUT2D eigenvalue weighted by atomic mass is 9.81. The first-order valence-corrected chi connectivity index (χ1v) is 5.42. The minimum Gasteiger partial charge on any atom is -0.330 e. The molecular weight excluding hydrogens is 146 g/mol. The predicted octanol–water partition coefficient (Wildman–Crippen LogP) is 2.80. The lowest BCUT2D eigenvalue weighted by molar-refractivity contribution is 0.271. The number of hydrogen-bond donors (Lipinski definition) is 1. The van der Waals surface area contributed by atoms with Crippen molar-refractivity contribution >= 4 is 0 Å². The van der Waals surface area contributed by atoms with E-state index < -0.39 is 0 Å². The van der Waals surface area contributed by atoms with Crippen LogP contribution in [0.25, 0.3) is 0 Å². The first-order chi connectivity index (χ1) is 5.72. The third-order valence-electron chi connectivity index (χ3n) is 3.18.